The summed E-state index contributed by atoms with van der Waals surface area (Å²) in [7, 11) is 1.37. The van der Waals surface area contributed by atoms with Gasteiger partial charge in [-0.15, -0.1) is 0 Å². The van der Waals surface area contributed by atoms with Crippen molar-refractivity contribution in [2.75, 3.05) is 20.2 Å². The van der Waals surface area contributed by atoms with Crippen LogP contribution < -0.4 is 5.32 Å². The minimum Gasteiger partial charge on any atom is -0.453 e. The summed E-state index contributed by atoms with van der Waals surface area (Å²) in [5.74, 6) is 1.54. The van der Waals surface area contributed by atoms with Crippen molar-refractivity contribution >= 4 is 12.0 Å². The minimum absolute atomic E-state index is 0.0689. The van der Waals surface area contributed by atoms with E-state index in [0.29, 0.717) is 17.3 Å². The first-order valence-electron chi connectivity index (χ1n) is 10.6. The third kappa shape index (κ3) is 3.63. The Morgan fingerprint density at radius 2 is 2.00 bits per heavy atom. The molecule has 5 nitrogen and oxygen atoms in total. The van der Waals surface area contributed by atoms with Crippen molar-refractivity contribution in [1.29, 1.82) is 0 Å². The number of carbonyl (C=O) groups excluding carboxylic acids is 2. The van der Waals surface area contributed by atoms with Crippen LogP contribution in [0.25, 0.3) is 0 Å². The van der Waals surface area contributed by atoms with Gasteiger partial charge in [-0.05, 0) is 55.1 Å². The van der Waals surface area contributed by atoms with Crippen LogP contribution in [0.4, 0.5) is 4.79 Å². The predicted octanol–water partition coefficient (Wildman–Crippen LogP) is 4.04. The van der Waals surface area contributed by atoms with Crippen LogP contribution >= 0.6 is 0 Å². The Morgan fingerprint density at radius 1 is 1.25 bits per heavy atom. The summed E-state index contributed by atoms with van der Waals surface area (Å²) in [5.41, 5.74) is 3.23. The van der Waals surface area contributed by atoms with Gasteiger partial charge in [0, 0.05) is 30.5 Å². The minimum atomic E-state index is -0.405. The zero-order chi connectivity index (χ0) is 19.9. The monoisotopic (exact) mass is 384 g/mol. The van der Waals surface area contributed by atoms with Crippen LogP contribution in [-0.2, 0) is 9.53 Å². The summed E-state index contributed by atoms with van der Waals surface area (Å²) in [4.78, 5) is 26.0. The molecule has 1 aromatic rings. The van der Waals surface area contributed by atoms with Crippen LogP contribution in [0, 0.1) is 11.3 Å². The van der Waals surface area contributed by atoms with Gasteiger partial charge in [0.25, 0.3) is 0 Å². The Labute approximate surface area is 167 Å². The molecule has 1 saturated heterocycles. The maximum Gasteiger partial charge on any atom is 0.407 e. The summed E-state index contributed by atoms with van der Waals surface area (Å²) in [6, 6.07) is 9.17. The first kappa shape index (κ1) is 19.3. The number of alkyl carbamates (subject to hydrolysis) is 1. The van der Waals surface area contributed by atoms with Gasteiger partial charge in [-0.3, -0.25) is 4.79 Å². The standard InChI is InChI=1S/C23H32N2O3/c1-15(2)16-5-4-6-17(9-16)18-7-8-23(12-18)13-25(14-23)21(26)19-10-20(11-19)24-22(27)28-3/h4-6,9,15,18-20H,7-8,10-14H2,1-3H3,(H,24,27). The molecule has 2 saturated carbocycles. The Kier molecular flexibility index (Phi) is 5.11. The SMILES string of the molecule is COC(=O)NC1CC(C(=O)N2CC3(CCC(c4cccc(C(C)C)c4)C3)C2)C1. The number of nitrogens with one attached hydrogen (secondary N) is 1. The molecule has 4 rings (SSSR count). The van der Waals surface area contributed by atoms with Crippen molar-refractivity contribution in [3.8, 4) is 0 Å². The first-order chi connectivity index (χ1) is 13.4. The van der Waals surface area contributed by atoms with Crippen LogP contribution in [0.2, 0.25) is 0 Å². The topological polar surface area (TPSA) is 58.6 Å². The van der Waals surface area contributed by atoms with E-state index in [4.69, 9.17) is 0 Å². The molecule has 0 radical (unpaired) electrons. The third-order valence-corrected chi connectivity index (χ3v) is 7.11. The van der Waals surface area contributed by atoms with Crippen LogP contribution in [0.1, 0.15) is 68.9 Å². The molecule has 28 heavy (non-hydrogen) atoms. The molecule has 152 valence electrons. The molecule has 1 atom stereocenters. The zero-order valence-corrected chi connectivity index (χ0v) is 17.2. The van der Waals surface area contributed by atoms with Gasteiger partial charge < -0.3 is 15.0 Å². The molecule has 5 heteroatoms. The Balaban J connectivity index is 1.27. The number of methoxy groups -OCH3 is 1. The number of hydrogen-bond acceptors (Lipinski definition) is 3. The Hall–Kier alpha value is -2.04. The molecule has 0 bridgehead atoms. The summed E-state index contributed by atoms with van der Waals surface area (Å²) in [6.07, 6.45) is 4.74. The molecular formula is C23H32N2O3. The summed E-state index contributed by atoms with van der Waals surface area (Å²) in [5, 5.41) is 2.78. The summed E-state index contributed by atoms with van der Waals surface area (Å²) in [6.45, 7) is 6.32. The molecule has 3 fully saturated rings. The van der Waals surface area contributed by atoms with Gasteiger partial charge in [0.05, 0.1) is 7.11 Å². The molecule has 1 spiro atoms. The second kappa shape index (κ2) is 7.41. The second-order valence-corrected chi connectivity index (χ2v) is 9.46. The van der Waals surface area contributed by atoms with Gasteiger partial charge in [0.2, 0.25) is 5.91 Å². The quantitative estimate of drug-likeness (QED) is 0.852. The average Bonchev–Trinajstić information content (AvgIpc) is 3.08. The number of nitrogens with zero attached hydrogens (tertiary/aromatic N) is 1. The molecule has 1 N–H and O–H groups in total. The molecular weight excluding hydrogens is 352 g/mol. The van der Waals surface area contributed by atoms with Crippen molar-refractivity contribution in [2.45, 2.75) is 63.8 Å². The number of likely N-dealkylation sites (tertiary alicyclic amines) is 1. The normalized spacial score (nSPS) is 28.0. The van der Waals surface area contributed by atoms with Crippen LogP contribution in [0.5, 0.6) is 0 Å². The lowest BCUT2D eigenvalue weighted by atomic mass is 9.73. The number of amides is 2. The van der Waals surface area contributed by atoms with Gasteiger partial charge in [-0.1, -0.05) is 38.1 Å². The van der Waals surface area contributed by atoms with E-state index in [1.54, 1.807) is 0 Å². The number of hydrogen-bond donors (Lipinski definition) is 1. The number of carbonyl (C=O) groups is 2. The van der Waals surface area contributed by atoms with E-state index in [2.05, 4.69) is 48.2 Å². The highest BCUT2D eigenvalue weighted by atomic mass is 16.5. The highest BCUT2D eigenvalue weighted by molar-refractivity contribution is 5.81. The highest BCUT2D eigenvalue weighted by Gasteiger charge is 2.51. The first-order valence-corrected chi connectivity index (χ1v) is 10.6. The summed E-state index contributed by atoms with van der Waals surface area (Å²) >= 11 is 0. The van der Waals surface area contributed by atoms with E-state index < -0.39 is 6.09 Å². The van der Waals surface area contributed by atoms with Gasteiger partial charge in [0.1, 0.15) is 0 Å². The molecule has 1 aliphatic heterocycles. The van der Waals surface area contributed by atoms with E-state index in [1.807, 2.05) is 4.90 Å². The lowest BCUT2D eigenvalue weighted by Gasteiger charge is -2.51. The largest absolute Gasteiger partial charge is 0.453 e. The number of benzene rings is 1. The highest BCUT2D eigenvalue weighted by Crippen LogP contribution is 2.52. The molecule has 1 aromatic carbocycles. The van der Waals surface area contributed by atoms with Crippen LogP contribution in [-0.4, -0.2) is 43.1 Å². The summed E-state index contributed by atoms with van der Waals surface area (Å²) < 4.78 is 4.62. The Bertz CT molecular complexity index is 748. The van der Waals surface area contributed by atoms with Gasteiger partial charge in [-0.2, -0.15) is 0 Å². The fraction of sp³-hybridized carbons (Fsp3) is 0.652. The average molecular weight is 385 g/mol. The molecule has 2 aliphatic carbocycles. The van der Waals surface area contributed by atoms with E-state index in [9.17, 15) is 9.59 Å². The second-order valence-electron chi connectivity index (χ2n) is 9.46. The molecule has 3 aliphatic rings. The lowest BCUT2D eigenvalue weighted by Crippen LogP contribution is -2.61. The van der Waals surface area contributed by atoms with Gasteiger partial charge >= 0.3 is 6.09 Å². The molecule has 1 unspecified atom stereocenters. The van der Waals surface area contributed by atoms with Crippen molar-refractivity contribution < 1.29 is 14.3 Å². The van der Waals surface area contributed by atoms with E-state index >= 15 is 0 Å². The van der Waals surface area contributed by atoms with Gasteiger partial charge in [-0.25, -0.2) is 4.79 Å². The fourth-order valence-corrected chi connectivity index (χ4v) is 5.29. The molecule has 0 aromatic heterocycles. The Morgan fingerprint density at radius 3 is 2.68 bits per heavy atom. The maximum atomic E-state index is 12.7. The number of rotatable bonds is 4. The van der Waals surface area contributed by atoms with E-state index in [-0.39, 0.29) is 17.9 Å². The van der Waals surface area contributed by atoms with E-state index in [0.717, 1.165) is 25.9 Å². The van der Waals surface area contributed by atoms with E-state index in [1.165, 1.54) is 37.5 Å². The predicted molar refractivity (Wildman–Crippen MR) is 108 cm³/mol. The maximum absolute atomic E-state index is 12.7. The smallest absolute Gasteiger partial charge is 0.407 e. The van der Waals surface area contributed by atoms with Crippen LogP contribution in [0.15, 0.2) is 24.3 Å². The van der Waals surface area contributed by atoms with Crippen molar-refractivity contribution in [3.05, 3.63) is 35.4 Å². The number of ether oxygens (including phenoxy) is 1. The zero-order valence-electron chi connectivity index (χ0n) is 17.2. The van der Waals surface area contributed by atoms with Gasteiger partial charge in [0.15, 0.2) is 0 Å². The van der Waals surface area contributed by atoms with Crippen molar-refractivity contribution in [1.82, 2.24) is 10.2 Å². The molecule has 1 heterocycles. The lowest BCUT2D eigenvalue weighted by molar-refractivity contribution is -0.151. The van der Waals surface area contributed by atoms with Crippen molar-refractivity contribution in [2.24, 2.45) is 11.3 Å². The van der Waals surface area contributed by atoms with Crippen LogP contribution in [0.3, 0.4) is 0 Å². The van der Waals surface area contributed by atoms with Crippen molar-refractivity contribution in [3.63, 3.8) is 0 Å². The third-order valence-electron chi connectivity index (χ3n) is 7.11. The molecule has 2 amide bonds. The fourth-order valence-electron chi connectivity index (χ4n) is 5.29.